The third kappa shape index (κ3) is 2.51. The van der Waals surface area contributed by atoms with E-state index >= 15 is 0 Å². The Hall–Kier alpha value is 0.01000. The summed E-state index contributed by atoms with van der Waals surface area (Å²) in [5, 5.41) is 8.15. The summed E-state index contributed by atoms with van der Waals surface area (Å²) in [5.74, 6) is 0. The van der Waals surface area contributed by atoms with Crippen LogP contribution in [0.2, 0.25) is 0 Å². The molecule has 0 amide bonds. The van der Waals surface area contributed by atoms with Gasteiger partial charge in [0.25, 0.3) is 7.37 Å². The average Bonchev–Trinajstić information content (AvgIpc) is 1.87. The van der Waals surface area contributed by atoms with Crippen LogP contribution in [-0.4, -0.2) is 30.6 Å². The third-order valence-electron chi connectivity index (χ3n) is 1.16. The Kier molecular flexibility index (Phi) is 3.61. The Morgan fingerprint density at radius 3 is 2.36 bits per heavy atom. The Morgan fingerprint density at radius 1 is 1.64 bits per heavy atom. The maximum Gasteiger partial charge on any atom is 0.343 e. The first kappa shape index (κ1) is 11.0. The number of aliphatic hydroxyl groups is 1. The predicted molar refractivity (Wildman–Crippen MR) is 37.2 cm³/mol. The molecule has 1 atom stereocenters. The zero-order valence-corrected chi connectivity index (χ0v) is 7.28. The first-order valence-corrected chi connectivity index (χ1v) is 5.15. The lowest BCUT2D eigenvalue weighted by Gasteiger charge is -2.20. The highest BCUT2D eigenvalue weighted by molar-refractivity contribution is 7.59. The molecular formula is C5H11F2O3P. The molecule has 0 aliphatic carbocycles. The number of aliphatic hydroxyl groups excluding tert-OH is 1. The summed E-state index contributed by atoms with van der Waals surface area (Å²) in [5.41, 5.74) is -3.62. The van der Waals surface area contributed by atoms with Crippen molar-refractivity contribution in [2.75, 3.05) is 19.9 Å². The predicted octanol–water partition coefficient (Wildman–Crippen LogP) is 1.52. The first-order chi connectivity index (χ1) is 4.87. The van der Waals surface area contributed by atoms with Crippen LogP contribution in [0, 0.1) is 0 Å². The number of hydrogen-bond acceptors (Lipinski definition) is 3. The van der Waals surface area contributed by atoms with Crippen LogP contribution in [0.25, 0.3) is 0 Å². The van der Waals surface area contributed by atoms with Gasteiger partial charge in [0.05, 0.1) is 6.61 Å². The molecule has 0 aliphatic rings. The molecule has 0 fully saturated rings. The van der Waals surface area contributed by atoms with Gasteiger partial charge in [-0.3, -0.25) is 4.57 Å². The summed E-state index contributed by atoms with van der Waals surface area (Å²) in [6.07, 6.45) is 0. The fourth-order valence-electron chi connectivity index (χ4n) is 0.469. The molecule has 0 bridgehead atoms. The van der Waals surface area contributed by atoms with Crippen molar-refractivity contribution in [2.24, 2.45) is 0 Å². The van der Waals surface area contributed by atoms with Crippen molar-refractivity contribution in [1.82, 2.24) is 0 Å². The minimum absolute atomic E-state index is 0.0522. The smallest absolute Gasteiger partial charge is 0.343 e. The maximum atomic E-state index is 12.5. The molecule has 11 heavy (non-hydrogen) atoms. The molecule has 6 heteroatoms. The molecule has 68 valence electrons. The van der Waals surface area contributed by atoms with Gasteiger partial charge in [-0.1, -0.05) is 0 Å². The van der Waals surface area contributed by atoms with E-state index in [0.717, 1.165) is 6.66 Å². The van der Waals surface area contributed by atoms with Crippen molar-refractivity contribution in [2.45, 2.75) is 12.6 Å². The molecule has 0 saturated heterocycles. The second-order valence-corrected chi connectivity index (χ2v) is 4.69. The molecule has 0 aromatic rings. The number of halogens is 2. The molecule has 0 heterocycles. The minimum atomic E-state index is -3.98. The van der Waals surface area contributed by atoms with Gasteiger partial charge in [-0.25, -0.2) is 0 Å². The number of alkyl halides is 2. The van der Waals surface area contributed by atoms with Crippen LogP contribution in [-0.2, 0) is 9.09 Å². The van der Waals surface area contributed by atoms with E-state index in [4.69, 9.17) is 5.11 Å². The highest BCUT2D eigenvalue weighted by atomic mass is 31.2. The summed E-state index contributed by atoms with van der Waals surface area (Å²) in [4.78, 5) is 0. The second kappa shape index (κ2) is 3.61. The van der Waals surface area contributed by atoms with Crippen LogP contribution in [0.5, 0.6) is 0 Å². The molecule has 0 saturated carbocycles. The summed E-state index contributed by atoms with van der Waals surface area (Å²) in [6.45, 7) is 0.778. The summed E-state index contributed by atoms with van der Waals surface area (Å²) in [7, 11) is -3.98. The van der Waals surface area contributed by atoms with Crippen LogP contribution < -0.4 is 0 Å². The van der Waals surface area contributed by atoms with Crippen molar-refractivity contribution in [3.8, 4) is 0 Å². The highest BCUT2D eigenvalue weighted by Crippen LogP contribution is 2.57. The van der Waals surface area contributed by atoms with Gasteiger partial charge in [-0.15, -0.1) is 0 Å². The third-order valence-corrected chi connectivity index (χ3v) is 3.24. The molecule has 0 aliphatic heterocycles. The lowest BCUT2D eigenvalue weighted by Crippen LogP contribution is -2.22. The van der Waals surface area contributed by atoms with Gasteiger partial charge in [-0.2, -0.15) is 8.78 Å². The Balaban J connectivity index is 4.40. The summed E-state index contributed by atoms with van der Waals surface area (Å²) >= 11 is 0. The van der Waals surface area contributed by atoms with Crippen molar-refractivity contribution >= 4 is 7.37 Å². The van der Waals surface area contributed by atoms with Gasteiger partial charge < -0.3 is 9.63 Å². The van der Waals surface area contributed by atoms with E-state index in [9.17, 15) is 13.3 Å². The zero-order valence-electron chi connectivity index (χ0n) is 6.38. The number of hydrogen-bond donors (Lipinski definition) is 1. The lowest BCUT2D eigenvalue weighted by atomic mass is 10.8. The van der Waals surface area contributed by atoms with Gasteiger partial charge in [-0.05, 0) is 6.92 Å². The highest BCUT2D eigenvalue weighted by Gasteiger charge is 2.46. The standard InChI is InChI=1S/C5H11F2O3P/c1-3-10-11(2,9)5(6,7)4-8/h8H,3-4H2,1-2H3. The monoisotopic (exact) mass is 188 g/mol. The number of rotatable bonds is 4. The van der Waals surface area contributed by atoms with E-state index in [0.29, 0.717) is 0 Å². The molecule has 0 aromatic carbocycles. The topological polar surface area (TPSA) is 46.5 Å². The summed E-state index contributed by atoms with van der Waals surface area (Å²) in [6, 6.07) is 0. The molecule has 1 unspecified atom stereocenters. The average molecular weight is 188 g/mol. The van der Waals surface area contributed by atoms with Gasteiger partial charge in [0.2, 0.25) is 0 Å². The molecule has 1 N–H and O–H groups in total. The first-order valence-electron chi connectivity index (χ1n) is 3.08. The van der Waals surface area contributed by atoms with Gasteiger partial charge in [0, 0.05) is 6.66 Å². The Morgan fingerprint density at radius 2 is 2.09 bits per heavy atom. The van der Waals surface area contributed by atoms with Gasteiger partial charge in [0.15, 0.2) is 0 Å². The fourth-order valence-corrected chi connectivity index (χ4v) is 1.41. The van der Waals surface area contributed by atoms with Crippen LogP contribution in [0.15, 0.2) is 0 Å². The van der Waals surface area contributed by atoms with Crippen molar-refractivity contribution < 1.29 is 23.0 Å². The SMILES string of the molecule is CCOP(C)(=O)C(F)(F)CO. The second-order valence-electron chi connectivity index (χ2n) is 2.09. The van der Waals surface area contributed by atoms with E-state index in [1.54, 1.807) is 0 Å². The maximum absolute atomic E-state index is 12.5. The minimum Gasteiger partial charge on any atom is -0.389 e. The van der Waals surface area contributed by atoms with Crippen LogP contribution in [0.3, 0.4) is 0 Å². The molecule has 0 rings (SSSR count). The van der Waals surface area contributed by atoms with Gasteiger partial charge in [0.1, 0.15) is 6.61 Å². The van der Waals surface area contributed by atoms with E-state index in [2.05, 4.69) is 4.52 Å². The van der Waals surface area contributed by atoms with Crippen molar-refractivity contribution in [3.05, 3.63) is 0 Å². The van der Waals surface area contributed by atoms with Crippen molar-refractivity contribution in [1.29, 1.82) is 0 Å². The molecule has 3 nitrogen and oxygen atoms in total. The molecule has 0 radical (unpaired) electrons. The van der Waals surface area contributed by atoms with Crippen LogP contribution in [0.4, 0.5) is 8.78 Å². The Bertz CT molecular complexity index is 171. The molecule has 0 spiro atoms. The quantitative estimate of drug-likeness (QED) is 0.680. The van der Waals surface area contributed by atoms with E-state index in [1.807, 2.05) is 0 Å². The summed E-state index contributed by atoms with van der Waals surface area (Å²) < 4.78 is 40.2. The fraction of sp³-hybridized carbons (Fsp3) is 1.00. The molecular weight excluding hydrogens is 177 g/mol. The molecule has 0 aromatic heterocycles. The Labute approximate surface area is 63.8 Å². The van der Waals surface area contributed by atoms with Crippen LogP contribution in [0.1, 0.15) is 6.92 Å². The van der Waals surface area contributed by atoms with Crippen molar-refractivity contribution in [3.63, 3.8) is 0 Å². The van der Waals surface area contributed by atoms with E-state index < -0.39 is 19.6 Å². The van der Waals surface area contributed by atoms with Gasteiger partial charge >= 0.3 is 5.66 Å². The van der Waals surface area contributed by atoms with E-state index in [-0.39, 0.29) is 6.61 Å². The lowest BCUT2D eigenvalue weighted by molar-refractivity contribution is 0.0119. The van der Waals surface area contributed by atoms with Crippen LogP contribution >= 0.6 is 7.37 Å². The zero-order chi connectivity index (χ0) is 9.12. The van der Waals surface area contributed by atoms with E-state index in [1.165, 1.54) is 6.92 Å². The normalized spacial score (nSPS) is 17.9. The largest absolute Gasteiger partial charge is 0.389 e.